The number of anilines is 1. The number of halogens is 1. The second kappa shape index (κ2) is 5.06. The summed E-state index contributed by atoms with van der Waals surface area (Å²) in [4.78, 5) is 16.0. The Bertz CT molecular complexity index is 840. The lowest BCUT2D eigenvalue weighted by Crippen LogP contribution is -2.23. The molecule has 0 spiro atoms. The van der Waals surface area contributed by atoms with Crippen molar-refractivity contribution in [3.8, 4) is 11.8 Å². The van der Waals surface area contributed by atoms with E-state index in [1.54, 1.807) is 10.7 Å². The van der Waals surface area contributed by atoms with Crippen LogP contribution in [0.15, 0.2) is 18.6 Å². The third-order valence-electron chi connectivity index (χ3n) is 2.90. The minimum atomic E-state index is -0.302. The molecule has 2 N–H and O–H groups in total. The average Bonchev–Trinajstić information content (AvgIpc) is 2.79. The molecule has 0 bridgehead atoms. The monoisotopic (exact) mass is 319 g/mol. The van der Waals surface area contributed by atoms with Crippen LogP contribution in [0.2, 0.25) is 5.28 Å². The minimum Gasteiger partial charge on any atom is -0.418 e. The van der Waals surface area contributed by atoms with Crippen LogP contribution in [0.3, 0.4) is 0 Å². The van der Waals surface area contributed by atoms with Crippen molar-refractivity contribution in [2.45, 2.75) is 26.3 Å². The maximum atomic E-state index is 5.95. The number of nitrogen functional groups attached to an aromatic ring is 1. The van der Waals surface area contributed by atoms with Gasteiger partial charge in [-0.15, -0.1) is 5.10 Å². The van der Waals surface area contributed by atoms with E-state index in [9.17, 15) is 0 Å². The predicted octanol–water partition coefficient (Wildman–Crippen LogP) is 2.40. The number of nitrogens with two attached hydrogens (primary N) is 1. The van der Waals surface area contributed by atoms with Gasteiger partial charge in [0, 0.05) is 12.3 Å². The molecule has 0 atom stereocenters. The van der Waals surface area contributed by atoms with Crippen LogP contribution < -0.4 is 10.5 Å². The van der Waals surface area contributed by atoms with Gasteiger partial charge in [0.2, 0.25) is 11.2 Å². The van der Waals surface area contributed by atoms with E-state index in [4.69, 9.17) is 22.1 Å². The lowest BCUT2D eigenvalue weighted by Gasteiger charge is -2.19. The summed E-state index contributed by atoms with van der Waals surface area (Å²) in [7, 11) is 0. The first kappa shape index (κ1) is 14.5. The van der Waals surface area contributed by atoms with Crippen LogP contribution in [0, 0.1) is 0 Å². The van der Waals surface area contributed by atoms with Crippen molar-refractivity contribution >= 4 is 28.5 Å². The highest BCUT2D eigenvalue weighted by Gasteiger charge is 2.24. The predicted molar refractivity (Wildman–Crippen MR) is 81.8 cm³/mol. The molecule has 0 amide bonds. The van der Waals surface area contributed by atoms with E-state index < -0.39 is 0 Å². The van der Waals surface area contributed by atoms with Gasteiger partial charge in [-0.25, -0.2) is 19.6 Å². The molecule has 0 saturated heterocycles. The first-order valence-corrected chi connectivity index (χ1v) is 6.90. The third-order valence-corrected chi connectivity index (χ3v) is 3.08. The van der Waals surface area contributed by atoms with Gasteiger partial charge in [0.05, 0.1) is 5.54 Å². The molecule has 0 fully saturated rings. The number of hydrogen-bond donors (Lipinski definition) is 1. The highest BCUT2D eigenvalue weighted by Crippen LogP contribution is 2.33. The van der Waals surface area contributed by atoms with Crippen LogP contribution in [0.5, 0.6) is 11.8 Å². The van der Waals surface area contributed by atoms with Crippen LogP contribution in [0.1, 0.15) is 20.8 Å². The number of fused-ring (bicyclic) bond motifs is 1. The zero-order valence-electron chi connectivity index (χ0n) is 12.3. The summed E-state index contributed by atoms with van der Waals surface area (Å²) >= 11 is 5.76. The van der Waals surface area contributed by atoms with Crippen molar-refractivity contribution in [2.75, 3.05) is 5.73 Å². The molecule has 0 radical (unpaired) electrons. The standard InChI is InChI=1S/C13H14ClN7O/c1-13(2,3)21-10-8(9(15)17-6-18-10)11(20-21)22-7-4-5-16-12(14)19-7/h4-6H,1-3H3,(H2,15,17,18). The fourth-order valence-corrected chi connectivity index (χ4v) is 2.10. The fraction of sp³-hybridized carbons (Fsp3) is 0.308. The van der Waals surface area contributed by atoms with Crippen molar-refractivity contribution in [3.63, 3.8) is 0 Å². The van der Waals surface area contributed by atoms with E-state index in [0.29, 0.717) is 11.0 Å². The Morgan fingerprint density at radius 3 is 2.68 bits per heavy atom. The SMILES string of the molecule is CC(C)(C)n1nc(Oc2ccnc(Cl)n2)c2c(N)ncnc21. The first-order chi connectivity index (χ1) is 10.4. The van der Waals surface area contributed by atoms with Crippen LogP contribution in [0.4, 0.5) is 5.82 Å². The molecule has 3 heterocycles. The van der Waals surface area contributed by atoms with Gasteiger partial charge in [0.25, 0.3) is 5.88 Å². The van der Waals surface area contributed by atoms with E-state index in [2.05, 4.69) is 25.0 Å². The molecule has 3 aromatic rings. The Hall–Kier alpha value is -2.48. The van der Waals surface area contributed by atoms with Gasteiger partial charge < -0.3 is 10.5 Å². The van der Waals surface area contributed by atoms with E-state index in [-0.39, 0.29) is 28.4 Å². The fourth-order valence-electron chi connectivity index (χ4n) is 1.96. The highest BCUT2D eigenvalue weighted by atomic mass is 35.5. The van der Waals surface area contributed by atoms with Gasteiger partial charge in [-0.05, 0) is 32.4 Å². The molecule has 0 aliphatic heterocycles. The van der Waals surface area contributed by atoms with Crippen molar-refractivity contribution < 1.29 is 4.74 Å². The van der Waals surface area contributed by atoms with Gasteiger partial charge in [0.15, 0.2) is 5.65 Å². The summed E-state index contributed by atoms with van der Waals surface area (Å²) in [6, 6.07) is 1.58. The second-order valence-electron chi connectivity index (χ2n) is 5.61. The molecule has 114 valence electrons. The van der Waals surface area contributed by atoms with E-state index >= 15 is 0 Å². The van der Waals surface area contributed by atoms with Crippen LogP contribution in [-0.2, 0) is 5.54 Å². The number of ether oxygens (including phenoxy) is 1. The lowest BCUT2D eigenvalue weighted by atomic mass is 10.1. The molecule has 0 aromatic carbocycles. The van der Waals surface area contributed by atoms with Gasteiger partial charge in [-0.1, -0.05) is 0 Å². The van der Waals surface area contributed by atoms with Crippen molar-refractivity contribution in [3.05, 3.63) is 23.9 Å². The van der Waals surface area contributed by atoms with E-state index in [1.165, 1.54) is 12.5 Å². The molecule has 8 nitrogen and oxygen atoms in total. The van der Waals surface area contributed by atoms with Crippen LogP contribution in [0.25, 0.3) is 11.0 Å². The van der Waals surface area contributed by atoms with Gasteiger partial charge in [-0.2, -0.15) is 4.98 Å². The first-order valence-electron chi connectivity index (χ1n) is 6.52. The average molecular weight is 320 g/mol. The number of nitrogens with zero attached hydrogens (tertiary/aromatic N) is 6. The molecule has 0 aliphatic carbocycles. The molecule has 0 saturated carbocycles. The van der Waals surface area contributed by atoms with Crippen molar-refractivity contribution in [1.82, 2.24) is 29.7 Å². The normalized spacial score (nSPS) is 11.8. The smallest absolute Gasteiger partial charge is 0.253 e. The summed E-state index contributed by atoms with van der Waals surface area (Å²) < 4.78 is 7.44. The summed E-state index contributed by atoms with van der Waals surface area (Å²) in [6.45, 7) is 6.01. The van der Waals surface area contributed by atoms with Crippen molar-refractivity contribution in [2.24, 2.45) is 0 Å². The van der Waals surface area contributed by atoms with Crippen molar-refractivity contribution in [1.29, 1.82) is 0 Å². The molecular weight excluding hydrogens is 306 g/mol. The molecular formula is C13H14ClN7O. The summed E-state index contributed by atoms with van der Waals surface area (Å²) in [6.07, 6.45) is 2.89. The summed E-state index contributed by atoms with van der Waals surface area (Å²) in [5, 5.41) is 5.07. The molecule has 3 aromatic heterocycles. The van der Waals surface area contributed by atoms with E-state index in [0.717, 1.165) is 0 Å². The van der Waals surface area contributed by atoms with Gasteiger partial charge >= 0.3 is 0 Å². The maximum absolute atomic E-state index is 5.95. The number of rotatable bonds is 2. The zero-order chi connectivity index (χ0) is 15.9. The Morgan fingerprint density at radius 1 is 1.23 bits per heavy atom. The zero-order valence-corrected chi connectivity index (χ0v) is 13.0. The summed E-state index contributed by atoms with van der Waals surface area (Å²) in [5.41, 5.74) is 6.25. The molecule has 3 rings (SSSR count). The highest BCUT2D eigenvalue weighted by molar-refractivity contribution is 6.28. The lowest BCUT2D eigenvalue weighted by molar-refractivity contribution is 0.347. The topological polar surface area (TPSA) is 105 Å². The molecule has 22 heavy (non-hydrogen) atoms. The quantitative estimate of drug-likeness (QED) is 0.723. The van der Waals surface area contributed by atoms with Gasteiger partial charge in [-0.3, -0.25) is 0 Å². The van der Waals surface area contributed by atoms with Gasteiger partial charge in [0.1, 0.15) is 17.5 Å². The maximum Gasteiger partial charge on any atom is 0.253 e. The molecule has 0 aliphatic rings. The Kier molecular flexibility index (Phi) is 3.32. The van der Waals surface area contributed by atoms with Crippen LogP contribution in [-0.4, -0.2) is 29.7 Å². The Balaban J connectivity index is 2.17. The molecule has 9 heteroatoms. The number of hydrogen-bond acceptors (Lipinski definition) is 7. The van der Waals surface area contributed by atoms with Crippen LogP contribution >= 0.6 is 11.6 Å². The van der Waals surface area contributed by atoms with E-state index in [1.807, 2.05) is 20.8 Å². The second-order valence-corrected chi connectivity index (χ2v) is 5.95. The molecule has 0 unspecified atom stereocenters. The Labute approximate surface area is 131 Å². The minimum absolute atomic E-state index is 0.0845. The third kappa shape index (κ3) is 2.52. The Morgan fingerprint density at radius 2 is 2.00 bits per heavy atom. The largest absolute Gasteiger partial charge is 0.418 e. The number of aromatic nitrogens is 6. The summed E-state index contributed by atoms with van der Waals surface area (Å²) in [5.74, 6) is 0.831.